The van der Waals surface area contributed by atoms with Gasteiger partial charge in [-0.25, -0.2) is 4.39 Å². The molecule has 0 aliphatic rings. The van der Waals surface area contributed by atoms with E-state index in [-0.39, 0.29) is 5.82 Å². The van der Waals surface area contributed by atoms with Crippen molar-refractivity contribution < 1.29 is 4.39 Å². The zero-order valence-electron chi connectivity index (χ0n) is 8.79. The van der Waals surface area contributed by atoms with Crippen molar-refractivity contribution in [1.82, 2.24) is 4.98 Å². The average molecular weight is 201 g/mol. The van der Waals surface area contributed by atoms with Crippen molar-refractivity contribution in [3.8, 4) is 11.3 Å². The van der Waals surface area contributed by atoms with Crippen molar-refractivity contribution in [2.45, 2.75) is 13.8 Å². The summed E-state index contributed by atoms with van der Waals surface area (Å²) in [6, 6.07) is 9.16. The molecular formula is C13H12FN. The Morgan fingerprint density at radius 3 is 2.47 bits per heavy atom. The topological polar surface area (TPSA) is 12.9 Å². The van der Waals surface area contributed by atoms with Crippen LogP contribution in [-0.4, -0.2) is 4.98 Å². The van der Waals surface area contributed by atoms with Crippen LogP contribution in [0.3, 0.4) is 0 Å². The van der Waals surface area contributed by atoms with E-state index in [0.29, 0.717) is 11.1 Å². The minimum absolute atomic E-state index is 0.181. The normalized spacial score (nSPS) is 10.3. The molecule has 0 atom stereocenters. The molecule has 0 aliphatic heterocycles. The predicted molar refractivity (Wildman–Crippen MR) is 59.1 cm³/mol. The maximum absolute atomic E-state index is 13.8. The van der Waals surface area contributed by atoms with Gasteiger partial charge in [0.15, 0.2) is 0 Å². The second kappa shape index (κ2) is 3.81. The summed E-state index contributed by atoms with van der Waals surface area (Å²) in [6.45, 7) is 3.70. The first-order valence-corrected chi connectivity index (χ1v) is 4.87. The Kier molecular flexibility index (Phi) is 2.50. The van der Waals surface area contributed by atoms with Crippen LogP contribution >= 0.6 is 0 Å². The molecule has 0 N–H and O–H groups in total. The smallest absolute Gasteiger partial charge is 0.135 e. The third kappa shape index (κ3) is 1.75. The second-order valence-electron chi connectivity index (χ2n) is 3.61. The number of halogens is 1. The molecule has 2 heteroatoms. The predicted octanol–water partition coefficient (Wildman–Crippen LogP) is 3.50. The van der Waals surface area contributed by atoms with Crippen molar-refractivity contribution in [2.75, 3.05) is 0 Å². The molecule has 1 heterocycles. The largest absolute Gasteiger partial charge is 0.256 e. The van der Waals surface area contributed by atoms with E-state index in [1.165, 1.54) is 0 Å². The van der Waals surface area contributed by atoms with Crippen LogP contribution in [-0.2, 0) is 0 Å². The van der Waals surface area contributed by atoms with Gasteiger partial charge in [0.25, 0.3) is 0 Å². The Morgan fingerprint density at radius 2 is 1.73 bits per heavy atom. The van der Waals surface area contributed by atoms with Gasteiger partial charge in [-0.15, -0.1) is 0 Å². The van der Waals surface area contributed by atoms with Gasteiger partial charge in [-0.05, 0) is 37.1 Å². The van der Waals surface area contributed by atoms with Crippen molar-refractivity contribution in [1.29, 1.82) is 0 Å². The second-order valence-corrected chi connectivity index (χ2v) is 3.61. The summed E-state index contributed by atoms with van der Waals surface area (Å²) in [4.78, 5) is 4.21. The lowest BCUT2D eigenvalue weighted by molar-refractivity contribution is 0.621. The van der Waals surface area contributed by atoms with Gasteiger partial charge in [0.05, 0.1) is 5.69 Å². The van der Waals surface area contributed by atoms with Crippen LogP contribution < -0.4 is 0 Å². The van der Waals surface area contributed by atoms with Gasteiger partial charge in [0.2, 0.25) is 0 Å². The molecule has 0 fully saturated rings. The number of aromatic nitrogens is 1. The monoisotopic (exact) mass is 201 g/mol. The van der Waals surface area contributed by atoms with Crippen LogP contribution in [0.2, 0.25) is 0 Å². The highest BCUT2D eigenvalue weighted by Gasteiger charge is 2.09. The Hall–Kier alpha value is -1.70. The minimum Gasteiger partial charge on any atom is -0.256 e. The molecule has 0 saturated carbocycles. The third-order valence-corrected chi connectivity index (χ3v) is 2.46. The summed E-state index contributed by atoms with van der Waals surface area (Å²) >= 11 is 0. The molecule has 15 heavy (non-hydrogen) atoms. The van der Waals surface area contributed by atoms with Crippen LogP contribution in [0, 0.1) is 19.7 Å². The minimum atomic E-state index is -0.181. The molecule has 0 saturated heterocycles. The molecule has 0 radical (unpaired) electrons. The fourth-order valence-electron chi connectivity index (χ4n) is 1.60. The van der Waals surface area contributed by atoms with E-state index >= 15 is 0 Å². The van der Waals surface area contributed by atoms with Gasteiger partial charge in [0, 0.05) is 11.8 Å². The van der Waals surface area contributed by atoms with E-state index in [2.05, 4.69) is 4.98 Å². The van der Waals surface area contributed by atoms with Crippen LogP contribution in [0.5, 0.6) is 0 Å². The average Bonchev–Trinajstić information content (AvgIpc) is 2.23. The Bertz CT molecular complexity index is 492. The quantitative estimate of drug-likeness (QED) is 0.688. The summed E-state index contributed by atoms with van der Waals surface area (Å²) in [5.41, 5.74) is 2.94. The fourth-order valence-corrected chi connectivity index (χ4v) is 1.60. The number of benzene rings is 1. The van der Waals surface area contributed by atoms with Gasteiger partial charge in [-0.2, -0.15) is 0 Å². The van der Waals surface area contributed by atoms with E-state index in [0.717, 1.165) is 11.3 Å². The van der Waals surface area contributed by atoms with E-state index in [1.807, 2.05) is 25.1 Å². The molecule has 76 valence electrons. The highest BCUT2D eigenvalue weighted by molar-refractivity contribution is 5.64. The van der Waals surface area contributed by atoms with Crippen molar-refractivity contribution in [3.05, 3.63) is 53.5 Å². The van der Waals surface area contributed by atoms with E-state index < -0.39 is 0 Å². The summed E-state index contributed by atoms with van der Waals surface area (Å²) in [7, 11) is 0. The molecule has 0 spiro atoms. The van der Waals surface area contributed by atoms with Crippen molar-refractivity contribution in [3.63, 3.8) is 0 Å². The third-order valence-electron chi connectivity index (χ3n) is 2.46. The highest BCUT2D eigenvalue weighted by Crippen LogP contribution is 2.25. The Morgan fingerprint density at radius 1 is 1.00 bits per heavy atom. The molecule has 0 unspecified atom stereocenters. The number of hydrogen-bond acceptors (Lipinski definition) is 1. The Labute approximate surface area is 88.6 Å². The zero-order chi connectivity index (χ0) is 10.8. The summed E-state index contributed by atoms with van der Waals surface area (Å²) in [6.07, 6.45) is 1.68. The maximum Gasteiger partial charge on any atom is 0.135 e. The first-order chi connectivity index (χ1) is 7.20. The SMILES string of the molecule is Cc1cccnc1-c1cccc(C)c1F. The number of nitrogens with zero attached hydrogens (tertiary/aromatic N) is 1. The summed E-state index contributed by atoms with van der Waals surface area (Å²) < 4.78 is 13.8. The standard InChI is InChI=1S/C13H12FN/c1-9-5-3-7-11(12(9)14)13-10(2)6-4-8-15-13/h3-8H,1-2H3. The molecule has 0 aliphatic carbocycles. The summed E-state index contributed by atoms with van der Waals surface area (Å²) in [5, 5.41) is 0. The van der Waals surface area contributed by atoms with E-state index in [4.69, 9.17) is 0 Å². The zero-order valence-corrected chi connectivity index (χ0v) is 8.79. The van der Waals surface area contributed by atoms with Gasteiger partial charge < -0.3 is 0 Å². The molecule has 2 aromatic rings. The molecule has 2 rings (SSSR count). The van der Waals surface area contributed by atoms with Crippen LogP contribution in [0.25, 0.3) is 11.3 Å². The molecule has 1 aromatic carbocycles. The van der Waals surface area contributed by atoms with Crippen LogP contribution in [0.15, 0.2) is 36.5 Å². The van der Waals surface area contributed by atoms with Gasteiger partial charge >= 0.3 is 0 Å². The van der Waals surface area contributed by atoms with Gasteiger partial charge in [-0.3, -0.25) is 4.98 Å². The Balaban J connectivity index is 2.65. The van der Waals surface area contributed by atoms with Gasteiger partial charge in [-0.1, -0.05) is 18.2 Å². The molecule has 1 nitrogen and oxygen atoms in total. The number of pyridine rings is 1. The van der Waals surface area contributed by atoms with Crippen molar-refractivity contribution in [2.24, 2.45) is 0 Å². The summed E-state index contributed by atoms with van der Waals surface area (Å²) in [5.74, 6) is -0.181. The van der Waals surface area contributed by atoms with Crippen LogP contribution in [0.1, 0.15) is 11.1 Å². The molecule has 1 aromatic heterocycles. The number of rotatable bonds is 1. The lowest BCUT2D eigenvalue weighted by atomic mass is 10.0. The van der Waals surface area contributed by atoms with Gasteiger partial charge in [0.1, 0.15) is 5.82 Å². The fraction of sp³-hybridized carbons (Fsp3) is 0.154. The molecule has 0 bridgehead atoms. The number of aryl methyl sites for hydroxylation is 2. The first-order valence-electron chi connectivity index (χ1n) is 4.87. The molecule has 0 amide bonds. The van der Waals surface area contributed by atoms with Crippen molar-refractivity contribution >= 4 is 0 Å². The molecular weight excluding hydrogens is 189 g/mol. The highest BCUT2D eigenvalue weighted by atomic mass is 19.1. The first kappa shape index (κ1) is 9.84. The van der Waals surface area contributed by atoms with E-state index in [9.17, 15) is 4.39 Å². The lowest BCUT2D eigenvalue weighted by Crippen LogP contribution is -1.92. The lowest BCUT2D eigenvalue weighted by Gasteiger charge is -2.07. The van der Waals surface area contributed by atoms with E-state index in [1.54, 1.807) is 25.3 Å². The number of hydrogen-bond donors (Lipinski definition) is 0. The van der Waals surface area contributed by atoms with Crippen LogP contribution in [0.4, 0.5) is 4.39 Å². The maximum atomic E-state index is 13.8.